The van der Waals surface area contributed by atoms with Gasteiger partial charge in [0.25, 0.3) is 0 Å². The molecule has 0 saturated heterocycles. The molecule has 20 heavy (non-hydrogen) atoms. The van der Waals surface area contributed by atoms with E-state index in [9.17, 15) is 0 Å². The summed E-state index contributed by atoms with van der Waals surface area (Å²) in [5.74, 6) is 0.818. The maximum absolute atomic E-state index is 5.47. The molecule has 2 heterocycles. The first-order valence-electron chi connectivity index (χ1n) is 6.40. The van der Waals surface area contributed by atoms with Gasteiger partial charge in [-0.05, 0) is 51.4 Å². The highest BCUT2D eigenvalue weighted by atomic mass is 79.9. The predicted octanol–water partition coefficient (Wildman–Crippen LogP) is 4.20. The minimum atomic E-state index is 0.0741. The molecule has 2 rings (SSSR count). The molecule has 0 aliphatic heterocycles. The van der Waals surface area contributed by atoms with Gasteiger partial charge in [0.15, 0.2) is 5.75 Å². The summed E-state index contributed by atoms with van der Waals surface area (Å²) in [4.78, 5) is 1.22. The minimum absolute atomic E-state index is 0.0741. The Morgan fingerprint density at radius 3 is 2.70 bits per heavy atom. The fourth-order valence-corrected chi connectivity index (χ4v) is 4.29. The minimum Gasteiger partial charge on any atom is -0.493 e. The Hall–Kier alpha value is -0.370. The van der Waals surface area contributed by atoms with Crippen LogP contribution in [-0.4, -0.2) is 23.4 Å². The number of nitrogens with zero attached hydrogens (tertiary/aromatic N) is 2. The lowest BCUT2D eigenvalue weighted by atomic mass is 10.1. The number of hydrogen-bond donors (Lipinski definition) is 1. The van der Waals surface area contributed by atoms with E-state index in [2.05, 4.69) is 62.2 Å². The fourth-order valence-electron chi connectivity index (χ4n) is 2.12. The Labute approximate surface area is 139 Å². The highest BCUT2D eigenvalue weighted by Crippen LogP contribution is 2.39. The van der Waals surface area contributed by atoms with Crippen LogP contribution in [0.1, 0.15) is 30.5 Å². The van der Waals surface area contributed by atoms with E-state index < -0.39 is 0 Å². The van der Waals surface area contributed by atoms with Gasteiger partial charge in [-0.15, -0.1) is 11.3 Å². The average molecular weight is 423 g/mol. The third-order valence-electron chi connectivity index (χ3n) is 2.99. The number of thiophene rings is 1. The summed E-state index contributed by atoms with van der Waals surface area (Å²) in [6.45, 7) is 5.87. The second-order valence-corrected chi connectivity index (χ2v) is 7.43. The van der Waals surface area contributed by atoms with Crippen molar-refractivity contribution in [3.63, 3.8) is 0 Å². The van der Waals surface area contributed by atoms with Crippen molar-refractivity contribution in [3.8, 4) is 5.75 Å². The monoisotopic (exact) mass is 421 g/mol. The standard InChI is InChI=1S/C13H17Br2N3OS/c1-4-16-11(10-6-8(14)13(15)20-10)12-9(19-3)7-17-18(12)5-2/h6-7,11,16H,4-5H2,1-3H3. The van der Waals surface area contributed by atoms with Crippen molar-refractivity contribution in [2.45, 2.75) is 26.4 Å². The van der Waals surface area contributed by atoms with Crippen LogP contribution >= 0.6 is 43.2 Å². The van der Waals surface area contributed by atoms with Crippen LogP contribution in [0.2, 0.25) is 0 Å². The van der Waals surface area contributed by atoms with Gasteiger partial charge in [-0.2, -0.15) is 5.10 Å². The largest absolute Gasteiger partial charge is 0.493 e. The number of ether oxygens (including phenoxy) is 1. The van der Waals surface area contributed by atoms with Gasteiger partial charge in [-0.25, -0.2) is 0 Å². The highest BCUT2D eigenvalue weighted by molar-refractivity contribution is 9.13. The zero-order chi connectivity index (χ0) is 14.7. The average Bonchev–Trinajstić information content (AvgIpc) is 3.00. The number of methoxy groups -OCH3 is 1. The molecule has 7 heteroatoms. The molecular formula is C13H17Br2N3OS. The van der Waals surface area contributed by atoms with Gasteiger partial charge in [-0.3, -0.25) is 4.68 Å². The summed E-state index contributed by atoms with van der Waals surface area (Å²) in [5.41, 5.74) is 1.07. The number of nitrogens with one attached hydrogen (secondary N) is 1. The summed E-state index contributed by atoms with van der Waals surface area (Å²) in [6.07, 6.45) is 1.78. The number of aromatic nitrogens is 2. The van der Waals surface area contributed by atoms with Gasteiger partial charge in [0, 0.05) is 15.9 Å². The van der Waals surface area contributed by atoms with Gasteiger partial charge in [-0.1, -0.05) is 6.92 Å². The number of halogens is 2. The smallest absolute Gasteiger partial charge is 0.161 e. The molecule has 0 radical (unpaired) electrons. The van der Waals surface area contributed by atoms with E-state index in [4.69, 9.17) is 4.74 Å². The third kappa shape index (κ3) is 3.10. The zero-order valence-corrected chi connectivity index (χ0v) is 15.6. The molecule has 1 N–H and O–H groups in total. The topological polar surface area (TPSA) is 39.1 Å². The molecule has 1 atom stereocenters. The molecule has 2 aromatic rings. The maximum Gasteiger partial charge on any atom is 0.161 e. The summed E-state index contributed by atoms with van der Waals surface area (Å²) >= 11 is 8.82. The van der Waals surface area contributed by atoms with Gasteiger partial charge < -0.3 is 10.1 Å². The number of aryl methyl sites for hydroxylation is 1. The van der Waals surface area contributed by atoms with Crippen molar-refractivity contribution in [2.75, 3.05) is 13.7 Å². The fraction of sp³-hybridized carbons (Fsp3) is 0.462. The van der Waals surface area contributed by atoms with E-state index in [0.717, 1.165) is 32.8 Å². The second kappa shape index (κ2) is 7.06. The van der Waals surface area contributed by atoms with E-state index in [-0.39, 0.29) is 6.04 Å². The lowest BCUT2D eigenvalue weighted by Gasteiger charge is -2.19. The van der Waals surface area contributed by atoms with Gasteiger partial charge in [0.05, 0.1) is 23.1 Å². The molecule has 1 unspecified atom stereocenters. The molecule has 0 saturated carbocycles. The molecule has 110 valence electrons. The highest BCUT2D eigenvalue weighted by Gasteiger charge is 2.24. The van der Waals surface area contributed by atoms with Crippen molar-refractivity contribution in [3.05, 3.63) is 31.1 Å². The van der Waals surface area contributed by atoms with Crippen molar-refractivity contribution < 1.29 is 4.74 Å². The number of rotatable bonds is 6. The quantitative estimate of drug-likeness (QED) is 0.758. The van der Waals surface area contributed by atoms with Crippen LogP contribution < -0.4 is 10.1 Å². The van der Waals surface area contributed by atoms with Crippen LogP contribution in [0.3, 0.4) is 0 Å². The summed E-state index contributed by atoms with van der Waals surface area (Å²) < 4.78 is 9.62. The van der Waals surface area contributed by atoms with Crippen molar-refractivity contribution in [2.24, 2.45) is 0 Å². The van der Waals surface area contributed by atoms with E-state index in [1.807, 2.05) is 4.68 Å². The van der Waals surface area contributed by atoms with Crippen LogP contribution in [0, 0.1) is 0 Å². The Morgan fingerprint density at radius 1 is 1.45 bits per heavy atom. The van der Waals surface area contributed by atoms with Gasteiger partial charge in [0.2, 0.25) is 0 Å². The maximum atomic E-state index is 5.47. The lowest BCUT2D eigenvalue weighted by molar-refractivity contribution is 0.400. The molecular weight excluding hydrogens is 406 g/mol. The molecule has 2 aromatic heterocycles. The second-order valence-electron chi connectivity index (χ2n) is 4.18. The Morgan fingerprint density at radius 2 is 2.20 bits per heavy atom. The van der Waals surface area contributed by atoms with Crippen LogP contribution in [0.25, 0.3) is 0 Å². The Balaban J connectivity index is 2.50. The molecule has 4 nitrogen and oxygen atoms in total. The van der Waals surface area contributed by atoms with Crippen molar-refractivity contribution in [1.82, 2.24) is 15.1 Å². The Kier molecular flexibility index (Phi) is 5.65. The van der Waals surface area contributed by atoms with E-state index in [0.29, 0.717) is 0 Å². The summed E-state index contributed by atoms with van der Waals surface area (Å²) in [6, 6.07) is 2.21. The summed E-state index contributed by atoms with van der Waals surface area (Å²) in [7, 11) is 1.68. The van der Waals surface area contributed by atoms with E-state index in [1.165, 1.54) is 4.88 Å². The SMILES string of the molecule is CCNC(c1cc(Br)c(Br)s1)c1c(OC)cnn1CC. The summed E-state index contributed by atoms with van der Waals surface area (Å²) in [5, 5.41) is 7.92. The normalized spacial score (nSPS) is 12.7. The lowest BCUT2D eigenvalue weighted by Crippen LogP contribution is -2.24. The van der Waals surface area contributed by atoms with E-state index in [1.54, 1.807) is 24.6 Å². The molecule has 0 aromatic carbocycles. The third-order valence-corrected chi connectivity index (χ3v) is 6.32. The number of hydrogen-bond acceptors (Lipinski definition) is 4. The van der Waals surface area contributed by atoms with Crippen molar-refractivity contribution in [1.29, 1.82) is 0 Å². The molecule has 0 aliphatic carbocycles. The van der Waals surface area contributed by atoms with E-state index >= 15 is 0 Å². The molecule has 0 amide bonds. The molecule has 0 spiro atoms. The van der Waals surface area contributed by atoms with Crippen molar-refractivity contribution >= 4 is 43.2 Å². The first-order chi connectivity index (χ1) is 9.62. The van der Waals surface area contributed by atoms with Gasteiger partial charge >= 0.3 is 0 Å². The first-order valence-corrected chi connectivity index (χ1v) is 8.80. The van der Waals surface area contributed by atoms with Crippen LogP contribution in [0.5, 0.6) is 5.75 Å². The zero-order valence-electron chi connectivity index (χ0n) is 11.6. The molecule has 0 fully saturated rings. The molecule has 0 bridgehead atoms. The van der Waals surface area contributed by atoms with Crippen LogP contribution in [-0.2, 0) is 6.54 Å². The van der Waals surface area contributed by atoms with Crippen LogP contribution in [0.4, 0.5) is 0 Å². The predicted molar refractivity (Wildman–Crippen MR) is 89.7 cm³/mol. The first kappa shape index (κ1) is 16.0. The molecule has 0 aliphatic rings. The van der Waals surface area contributed by atoms with Gasteiger partial charge in [0.1, 0.15) is 5.69 Å². The Bertz CT molecular complexity index is 541. The van der Waals surface area contributed by atoms with Crippen LogP contribution in [0.15, 0.2) is 20.5 Å².